The van der Waals surface area contributed by atoms with Crippen LogP contribution in [-0.2, 0) is 0 Å². The Bertz CT molecular complexity index is 682. The molecule has 1 aromatic carbocycles. The first-order valence-corrected chi connectivity index (χ1v) is 8.27. The van der Waals surface area contributed by atoms with Gasteiger partial charge in [-0.05, 0) is 12.1 Å². The third kappa shape index (κ3) is 5.89. The van der Waals surface area contributed by atoms with Crippen molar-refractivity contribution in [3.8, 4) is 0 Å². The van der Waals surface area contributed by atoms with Gasteiger partial charge in [0.1, 0.15) is 0 Å². The second-order valence-corrected chi connectivity index (χ2v) is 8.25. The SMILES string of the molecule is CC(C)(C)/[N+]([O-])=C/C(C)(C)/[N+]([O-])=C/C(C)(C)/[N+]([O-])=C\c1ccccc1. The van der Waals surface area contributed by atoms with Crippen LogP contribution in [0.15, 0.2) is 30.3 Å². The fraction of sp³-hybridized carbons (Fsp3) is 0.526. The predicted octanol–water partition coefficient (Wildman–Crippen LogP) is 3.13. The third-order valence-electron chi connectivity index (χ3n) is 3.73. The van der Waals surface area contributed by atoms with Gasteiger partial charge in [0, 0.05) is 54.0 Å². The van der Waals surface area contributed by atoms with Crippen LogP contribution in [0, 0.1) is 15.6 Å². The van der Waals surface area contributed by atoms with Crippen LogP contribution in [-0.4, -0.2) is 49.5 Å². The van der Waals surface area contributed by atoms with Crippen LogP contribution in [0.2, 0.25) is 0 Å². The van der Waals surface area contributed by atoms with Crippen LogP contribution in [0.1, 0.15) is 54.0 Å². The Labute approximate surface area is 150 Å². The first-order chi connectivity index (χ1) is 11.3. The zero-order valence-corrected chi connectivity index (χ0v) is 16.2. The minimum absolute atomic E-state index is 0.640. The van der Waals surface area contributed by atoms with Gasteiger partial charge in [0.2, 0.25) is 23.5 Å². The predicted molar refractivity (Wildman–Crippen MR) is 103 cm³/mol. The molecule has 0 aliphatic rings. The van der Waals surface area contributed by atoms with Gasteiger partial charge in [-0.2, -0.15) is 9.48 Å². The normalized spacial score (nSPS) is 15.4. The minimum atomic E-state index is -1.08. The molecule has 25 heavy (non-hydrogen) atoms. The van der Waals surface area contributed by atoms with E-state index in [0.717, 1.165) is 15.0 Å². The maximum absolute atomic E-state index is 12.6. The van der Waals surface area contributed by atoms with Crippen molar-refractivity contribution in [1.29, 1.82) is 0 Å². The van der Waals surface area contributed by atoms with Crippen LogP contribution in [0.5, 0.6) is 0 Å². The Balaban J connectivity index is 3.15. The first kappa shape index (κ1) is 20.7. The van der Waals surface area contributed by atoms with Gasteiger partial charge in [-0.15, -0.1) is 0 Å². The van der Waals surface area contributed by atoms with E-state index in [1.807, 2.05) is 30.3 Å². The van der Waals surface area contributed by atoms with Crippen molar-refractivity contribution in [1.82, 2.24) is 0 Å². The summed E-state index contributed by atoms with van der Waals surface area (Å²) in [6.07, 6.45) is 4.07. The Morgan fingerprint density at radius 1 is 0.680 bits per heavy atom. The summed E-state index contributed by atoms with van der Waals surface area (Å²) in [4.78, 5) is 0. The molecule has 1 aromatic rings. The molecule has 1 rings (SSSR count). The first-order valence-electron chi connectivity index (χ1n) is 8.27. The monoisotopic (exact) mass is 347 g/mol. The molecule has 0 aliphatic heterocycles. The number of hydroxylamine groups is 3. The van der Waals surface area contributed by atoms with E-state index in [-0.39, 0.29) is 0 Å². The summed E-state index contributed by atoms with van der Waals surface area (Å²) in [7, 11) is 0. The zero-order chi connectivity index (χ0) is 19.5. The highest BCUT2D eigenvalue weighted by Crippen LogP contribution is 2.13. The second kappa shape index (κ2) is 7.25. The number of hydrogen-bond donors (Lipinski definition) is 0. The van der Waals surface area contributed by atoms with Crippen LogP contribution >= 0.6 is 0 Å². The van der Waals surface area contributed by atoms with Gasteiger partial charge in [0.25, 0.3) is 0 Å². The van der Waals surface area contributed by atoms with E-state index in [9.17, 15) is 15.6 Å². The molecule has 0 unspecified atom stereocenters. The van der Waals surface area contributed by atoms with Crippen LogP contribution in [0.25, 0.3) is 0 Å². The van der Waals surface area contributed by atoms with Gasteiger partial charge in [-0.25, -0.2) is 4.74 Å². The number of nitrogens with zero attached hydrogens (tertiary/aromatic N) is 3. The van der Waals surface area contributed by atoms with E-state index in [1.54, 1.807) is 48.5 Å². The highest BCUT2D eigenvalue weighted by molar-refractivity contribution is 5.77. The quantitative estimate of drug-likeness (QED) is 0.355. The van der Waals surface area contributed by atoms with Crippen molar-refractivity contribution < 1.29 is 14.2 Å². The average molecular weight is 347 g/mol. The van der Waals surface area contributed by atoms with Crippen molar-refractivity contribution >= 4 is 18.6 Å². The fourth-order valence-corrected chi connectivity index (χ4v) is 1.89. The van der Waals surface area contributed by atoms with E-state index in [0.29, 0.717) is 4.74 Å². The van der Waals surface area contributed by atoms with E-state index < -0.39 is 16.6 Å². The smallest absolute Gasteiger partial charge is 0.243 e. The molecule has 0 N–H and O–H groups in total. The lowest BCUT2D eigenvalue weighted by Crippen LogP contribution is -2.46. The van der Waals surface area contributed by atoms with E-state index >= 15 is 0 Å². The van der Waals surface area contributed by atoms with E-state index in [4.69, 9.17) is 0 Å². The summed E-state index contributed by atoms with van der Waals surface area (Å²) in [6.45, 7) is 11.9. The van der Waals surface area contributed by atoms with Gasteiger partial charge in [0.15, 0.2) is 11.8 Å². The summed E-state index contributed by atoms with van der Waals surface area (Å²) >= 11 is 0. The van der Waals surface area contributed by atoms with Gasteiger partial charge in [-0.3, -0.25) is 0 Å². The van der Waals surface area contributed by atoms with Crippen molar-refractivity contribution in [2.45, 2.75) is 65.1 Å². The molecule has 0 atom stereocenters. The third-order valence-corrected chi connectivity index (χ3v) is 3.73. The topological polar surface area (TPSA) is 78.2 Å². The van der Waals surface area contributed by atoms with Gasteiger partial charge in [0.05, 0.1) is 0 Å². The molecule has 0 amide bonds. The molecule has 0 saturated carbocycles. The lowest BCUT2D eigenvalue weighted by atomic mass is 10.0. The molecule has 6 heteroatoms. The second-order valence-electron chi connectivity index (χ2n) is 8.25. The lowest BCUT2D eigenvalue weighted by molar-refractivity contribution is -0.573. The Kier molecular flexibility index (Phi) is 6.00. The molecule has 0 fully saturated rings. The van der Waals surface area contributed by atoms with E-state index in [2.05, 4.69) is 0 Å². The maximum atomic E-state index is 12.6. The molecular formula is C19H29N3O3. The van der Waals surface area contributed by atoms with Gasteiger partial charge < -0.3 is 15.6 Å². The molecule has 0 heterocycles. The highest BCUT2D eigenvalue weighted by Gasteiger charge is 2.36. The van der Waals surface area contributed by atoms with Gasteiger partial charge >= 0.3 is 0 Å². The van der Waals surface area contributed by atoms with E-state index in [1.165, 1.54) is 18.6 Å². The molecule has 0 aliphatic carbocycles. The molecule has 0 aromatic heterocycles. The number of benzene rings is 1. The van der Waals surface area contributed by atoms with Gasteiger partial charge in [-0.1, -0.05) is 18.2 Å². The Hall–Kier alpha value is -2.37. The average Bonchev–Trinajstić information content (AvgIpc) is 2.46. The molecule has 0 bridgehead atoms. The van der Waals surface area contributed by atoms with Crippen molar-refractivity contribution in [2.24, 2.45) is 0 Å². The van der Waals surface area contributed by atoms with Crippen LogP contribution in [0.4, 0.5) is 0 Å². The molecule has 0 saturated heterocycles. The maximum Gasteiger partial charge on any atom is 0.243 e. The number of rotatable bonds is 5. The van der Waals surface area contributed by atoms with Crippen molar-refractivity contribution in [3.63, 3.8) is 0 Å². The Morgan fingerprint density at radius 2 is 1.12 bits per heavy atom. The summed E-state index contributed by atoms with van der Waals surface area (Å²) in [5.41, 5.74) is -2.04. The highest BCUT2D eigenvalue weighted by atomic mass is 16.5. The molecule has 138 valence electrons. The van der Waals surface area contributed by atoms with Crippen LogP contribution < -0.4 is 0 Å². The van der Waals surface area contributed by atoms with Crippen molar-refractivity contribution in [3.05, 3.63) is 51.5 Å². The molecule has 0 radical (unpaired) electrons. The minimum Gasteiger partial charge on any atom is -0.623 e. The van der Waals surface area contributed by atoms with Crippen LogP contribution in [0.3, 0.4) is 0 Å². The summed E-state index contributed by atoms with van der Waals surface area (Å²) < 4.78 is 2.17. The summed E-state index contributed by atoms with van der Waals surface area (Å²) in [5, 5.41) is 37.2. The molecular weight excluding hydrogens is 318 g/mol. The summed E-state index contributed by atoms with van der Waals surface area (Å²) in [6, 6.07) is 9.16. The lowest BCUT2D eigenvalue weighted by Gasteiger charge is -2.26. The fourth-order valence-electron chi connectivity index (χ4n) is 1.89. The number of hydrogen-bond acceptors (Lipinski definition) is 3. The standard InChI is InChI=1S/C19H29N3O3/c1-17(2,3)21(24)14-19(6,7)22(25)15-18(4,5)20(23)13-16-11-9-8-10-12-16/h8-15H,1-7H3/b20-13+,21-14-,22-15-. The molecule has 6 nitrogen and oxygen atoms in total. The molecule has 0 spiro atoms. The van der Waals surface area contributed by atoms with Crippen molar-refractivity contribution in [2.75, 3.05) is 0 Å². The summed E-state index contributed by atoms with van der Waals surface area (Å²) in [5.74, 6) is 0. The zero-order valence-electron chi connectivity index (χ0n) is 16.2. The Morgan fingerprint density at radius 3 is 1.60 bits per heavy atom. The largest absolute Gasteiger partial charge is 0.623 e.